The molecule has 0 saturated carbocycles. The van der Waals surface area contributed by atoms with Crippen molar-refractivity contribution in [1.82, 2.24) is 0 Å². The van der Waals surface area contributed by atoms with Crippen LogP contribution >= 0.6 is 23.5 Å². The highest BCUT2D eigenvalue weighted by Gasteiger charge is 2.06. The monoisotopic (exact) mass is 374 g/mol. The highest BCUT2D eigenvalue weighted by atomic mass is 32.2. The third-order valence-corrected chi connectivity index (χ3v) is 5.26. The van der Waals surface area contributed by atoms with E-state index in [0.29, 0.717) is 19.0 Å². The molecule has 0 aliphatic rings. The van der Waals surface area contributed by atoms with E-state index in [1.54, 1.807) is 7.11 Å². The first-order valence-corrected chi connectivity index (χ1v) is 10.6. The molecule has 0 aliphatic heterocycles. The summed E-state index contributed by atoms with van der Waals surface area (Å²) >= 11 is 3.71. The van der Waals surface area contributed by atoms with Crippen LogP contribution in [0.2, 0.25) is 0 Å². The van der Waals surface area contributed by atoms with Gasteiger partial charge in [-0.3, -0.25) is 0 Å². The highest BCUT2D eigenvalue weighted by Crippen LogP contribution is 2.31. The lowest BCUT2D eigenvalue weighted by molar-refractivity contribution is 0.288. The van der Waals surface area contributed by atoms with Crippen molar-refractivity contribution >= 4 is 23.5 Å². The van der Waals surface area contributed by atoms with Gasteiger partial charge in [0.15, 0.2) is 11.5 Å². The Morgan fingerprint density at radius 1 is 0.833 bits per heavy atom. The van der Waals surface area contributed by atoms with Crippen LogP contribution < -0.4 is 25.7 Å². The molecule has 5 nitrogen and oxygen atoms in total. The minimum absolute atomic E-state index is 0.673. The predicted molar refractivity (Wildman–Crippen MR) is 106 cm³/mol. The van der Waals surface area contributed by atoms with E-state index in [2.05, 4.69) is 0 Å². The number of rotatable bonds is 15. The summed E-state index contributed by atoms with van der Waals surface area (Å²) in [5.74, 6) is 6.40. The molecule has 0 fully saturated rings. The minimum atomic E-state index is 0.673. The molecule has 0 aliphatic carbocycles. The molecule has 0 aromatic heterocycles. The zero-order chi connectivity index (χ0) is 17.5. The highest BCUT2D eigenvalue weighted by molar-refractivity contribution is 7.99. The van der Waals surface area contributed by atoms with Crippen LogP contribution in [0.15, 0.2) is 18.2 Å². The van der Waals surface area contributed by atoms with Crippen LogP contribution in [0.3, 0.4) is 0 Å². The molecule has 1 aromatic rings. The topological polar surface area (TPSA) is 79.7 Å². The van der Waals surface area contributed by atoms with Crippen molar-refractivity contribution in [1.29, 1.82) is 0 Å². The van der Waals surface area contributed by atoms with Crippen LogP contribution in [0.25, 0.3) is 0 Å². The van der Waals surface area contributed by atoms with E-state index in [9.17, 15) is 0 Å². The van der Waals surface area contributed by atoms with Crippen LogP contribution in [0, 0.1) is 0 Å². The smallest absolute Gasteiger partial charge is 0.164 e. The third-order valence-electron chi connectivity index (χ3n) is 3.05. The van der Waals surface area contributed by atoms with E-state index in [1.807, 2.05) is 41.7 Å². The lowest BCUT2D eigenvalue weighted by Crippen LogP contribution is -2.05. The summed E-state index contributed by atoms with van der Waals surface area (Å²) in [6.45, 7) is 2.83. The van der Waals surface area contributed by atoms with Gasteiger partial charge in [-0.05, 0) is 36.5 Å². The zero-order valence-electron chi connectivity index (χ0n) is 14.5. The number of hydrogen-bond donors (Lipinski definition) is 2. The fraction of sp³-hybridized carbons (Fsp3) is 0.647. The zero-order valence-corrected chi connectivity index (χ0v) is 16.1. The van der Waals surface area contributed by atoms with E-state index < -0.39 is 0 Å². The van der Waals surface area contributed by atoms with E-state index in [4.69, 9.17) is 25.7 Å². The Bertz CT molecular complexity index is 436. The van der Waals surface area contributed by atoms with Crippen molar-refractivity contribution in [3.63, 3.8) is 0 Å². The Morgan fingerprint density at radius 2 is 1.46 bits per heavy atom. The van der Waals surface area contributed by atoms with Gasteiger partial charge in [-0.15, -0.1) is 0 Å². The Hall–Kier alpha value is -0.760. The quantitative estimate of drug-likeness (QED) is 0.457. The number of hydrogen-bond acceptors (Lipinski definition) is 7. The van der Waals surface area contributed by atoms with Gasteiger partial charge in [0.25, 0.3) is 0 Å². The summed E-state index contributed by atoms with van der Waals surface area (Å²) in [4.78, 5) is 0. The third kappa shape index (κ3) is 9.52. The first-order valence-electron chi connectivity index (χ1n) is 8.31. The largest absolute Gasteiger partial charge is 0.493 e. The molecule has 0 saturated heterocycles. The second kappa shape index (κ2) is 14.6. The number of thioether (sulfide) groups is 2. The van der Waals surface area contributed by atoms with Crippen molar-refractivity contribution in [2.75, 3.05) is 56.4 Å². The summed E-state index contributed by atoms with van der Waals surface area (Å²) in [6.07, 6.45) is 2.00. The van der Waals surface area contributed by atoms with E-state index in [0.717, 1.165) is 60.4 Å². The molecule has 0 radical (unpaired) electrons. The minimum Gasteiger partial charge on any atom is -0.493 e. The number of ether oxygens (including phenoxy) is 3. The average Bonchev–Trinajstić information content (AvgIpc) is 2.61. The lowest BCUT2D eigenvalue weighted by atomic mass is 10.3. The predicted octanol–water partition coefficient (Wildman–Crippen LogP) is 2.62. The van der Waals surface area contributed by atoms with Crippen LogP contribution in [-0.2, 0) is 0 Å². The molecule has 0 amide bonds. The molecule has 138 valence electrons. The second-order valence-electron chi connectivity index (χ2n) is 5.02. The summed E-state index contributed by atoms with van der Waals surface area (Å²) in [5.41, 5.74) is 10.9. The Morgan fingerprint density at radius 3 is 2.04 bits per heavy atom. The molecule has 24 heavy (non-hydrogen) atoms. The van der Waals surface area contributed by atoms with Gasteiger partial charge < -0.3 is 25.7 Å². The van der Waals surface area contributed by atoms with Gasteiger partial charge in [-0.1, -0.05) is 0 Å². The fourth-order valence-electron chi connectivity index (χ4n) is 1.92. The van der Waals surface area contributed by atoms with Crippen molar-refractivity contribution in [3.05, 3.63) is 18.2 Å². The average molecular weight is 375 g/mol. The SMILES string of the molecule is COc1cc(OCCCSCCN)ccc1OCCCSCCN. The summed E-state index contributed by atoms with van der Waals surface area (Å²) in [6, 6.07) is 5.71. The molecular formula is C17H30N2O3S2. The number of benzene rings is 1. The van der Waals surface area contributed by atoms with Crippen LogP contribution in [0.5, 0.6) is 17.2 Å². The maximum atomic E-state index is 5.79. The number of methoxy groups -OCH3 is 1. The van der Waals surface area contributed by atoms with E-state index >= 15 is 0 Å². The van der Waals surface area contributed by atoms with Gasteiger partial charge in [-0.25, -0.2) is 0 Å². The summed E-state index contributed by atoms with van der Waals surface area (Å²) in [5, 5.41) is 0. The normalized spacial score (nSPS) is 10.6. The lowest BCUT2D eigenvalue weighted by Gasteiger charge is -2.13. The molecule has 4 N–H and O–H groups in total. The molecule has 7 heteroatoms. The molecule has 0 atom stereocenters. The molecule has 0 bridgehead atoms. The maximum absolute atomic E-state index is 5.79. The van der Waals surface area contributed by atoms with Gasteiger partial charge in [0.1, 0.15) is 5.75 Å². The van der Waals surface area contributed by atoms with Gasteiger partial charge in [0.2, 0.25) is 0 Å². The van der Waals surface area contributed by atoms with Gasteiger partial charge >= 0.3 is 0 Å². The van der Waals surface area contributed by atoms with Gasteiger partial charge in [0, 0.05) is 30.7 Å². The molecule has 1 rings (SSSR count). The van der Waals surface area contributed by atoms with Gasteiger partial charge in [-0.2, -0.15) is 23.5 Å². The van der Waals surface area contributed by atoms with Crippen LogP contribution in [-0.4, -0.2) is 56.4 Å². The second-order valence-corrected chi connectivity index (χ2v) is 7.47. The Balaban J connectivity index is 2.30. The van der Waals surface area contributed by atoms with Crippen molar-refractivity contribution < 1.29 is 14.2 Å². The van der Waals surface area contributed by atoms with Crippen molar-refractivity contribution in [3.8, 4) is 17.2 Å². The van der Waals surface area contributed by atoms with Crippen molar-refractivity contribution in [2.24, 2.45) is 11.5 Å². The van der Waals surface area contributed by atoms with Crippen LogP contribution in [0.1, 0.15) is 12.8 Å². The van der Waals surface area contributed by atoms with E-state index in [1.165, 1.54) is 0 Å². The molecular weight excluding hydrogens is 344 g/mol. The molecule has 1 aromatic carbocycles. The van der Waals surface area contributed by atoms with Crippen molar-refractivity contribution in [2.45, 2.75) is 12.8 Å². The van der Waals surface area contributed by atoms with Gasteiger partial charge in [0.05, 0.1) is 20.3 Å². The first-order chi connectivity index (χ1) is 11.8. The number of nitrogens with two attached hydrogens (primary N) is 2. The summed E-state index contributed by atoms with van der Waals surface area (Å²) in [7, 11) is 1.65. The standard InChI is InChI=1S/C17H30N2O3S2/c1-20-17-14-15(21-8-2-10-23-12-6-18)4-5-16(17)22-9-3-11-24-13-7-19/h4-5,14H,2-3,6-13,18-19H2,1H3. The summed E-state index contributed by atoms with van der Waals surface area (Å²) < 4.78 is 16.9. The fourth-order valence-corrected chi connectivity index (χ4v) is 3.31. The van der Waals surface area contributed by atoms with Crippen LogP contribution in [0.4, 0.5) is 0 Å². The first kappa shape index (κ1) is 21.3. The Kier molecular flexibility index (Phi) is 12.9. The molecule has 0 unspecified atom stereocenters. The maximum Gasteiger partial charge on any atom is 0.164 e. The van der Waals surface area contributed by atoms with E-state index in [-0.39, 0.29) is 0 Å². The molecule has 0 heterocycles. The molecule has 0 spiro atoms. The Labute approximate surface area is 154 Å².